The van der Waals surface area contributed by atoms with Gasteiger partial charge in [0.25, 0.3) is 0 Å². The van der Waals surface area contributed by atoms with Crippen LogP contribution in [-0.2, 0) is 14.8 Å². The maximum atomic E-state index is 13.1. The molecule has 3 rings (SSSR count). The van der Waals surface area contributed by atoms with Crippen LogP contribution in [0.1, 0.15) is 13.3 Å². The molecular weight excluding hydrogens is 460 g/mol. The Balaban J connectivity index is 1.92. The highest BCUT2D eigenvalue weighted by Gasteiger charge is 2.34. The molecule has 1 aromatic heterocycles. The van der Waals surface area contributed by atoms with Crippen LogP contribution in [0.2, 0.25) is 5.02 Å². The molecule has 0 saturated carbocycles. The number of methoxy groups -OCH3 is 1. The molecule has 31 heavy (non-hydrogen) atoms. The third-order valence-corrected chi connectivity index (χ3v) is 6.67. The van der Waals surface area contributed by atoms with Gasteiger partial charge in [-0.05, 0) is 24.6 Å². The number of ether oxygens (including phenoxy) is 1. The Kier molecular flexibility index (Phi) is 7.14. The SMILES string of the molecule is CC[C@@H](C(=O)Nc1nnc(-c2ccccc2)s1)N(c1cc(Cl)ccc1OC)S(C)(=O)=O. The molecule has 8 nitrogen and oxygen atoms in total. The summed E-state index contributed by atoms with van der Waals surface area (Å²) in [6.45, 7) is 1.72. The van der Waals surface area contributed by atoms with Crippen molar-refractivity contribution >= 4 is 49.7 Å². The minimum Gasteiger partial charge on any atom is -0.495 e. The van der Waals surface area contributed by atoms with Crippen LogP contribution in [0.15, 0.2) is 48.5 Å². The number of halogens is 1. The van der Waals surface area contributed by atoms with Crippen LogP contribution in [0, 0.1) is 0 Å². The average molecular weight is 481 g/mol. The molecule has 2 aromatic carbocycles. The van der Waals surface area contributed by atoms with Crippen molar-refractivity contribution in [2.75, 3.05) is 23.0 Å². The second kappa shape index (κ2) is 9.63. The molecule has 164 valence electrons. The highest BCUT2D eigenvalue weighted by atomic mass is 35.5. The fraction of sp³-hybridized carbons (Fsp3) is 0.250. The average Bonchev–Trinajstić information content (AvgIpc) is 3.20. The van der Waals surface area contributed by atoms with Gasteiger partial charge in [0.05, 0.1) is 19.1 Å². The Labute approximate surface area is 189 Å². The van der Waals surface area contributed by atoms with E-state index in [1.54, 1.807) is 19.1 Å². The Morgan fingerprint density at radius 3 is 2.55 bits per heavy atom. The number of aromatic nitrogens is 2. The zero-order valence-electron chi connectivity index (χ0n) is 17.1. The molecule has 0 bridgehead atoms. The monoisotopic (exact) mass is 480 g/mol. The normalized spacial score (nSPS) is 12.3. The molecule has 0 unspecified atom stereocenters. The van der Waals surface area contributed by atoms with E-state index in [4.69, 9.17) is 16.3 Å². The molecule has 0 aliphatic heterocycles. The van der Waals surface area contributed by atoms with Crippen LogP contribution >= 0.6 is 22.9 Å². The number of carbonyl (C=O) groups is 1. The summed E-state index contributed by atoms with van der Waals surface area (Å²) in [7, 11) is -2.44. The van der Waals surface area contributed by atoms with Crippen LogP contribution in [-0.4, -0.2) is 43.9 Å². The topological polar surface area (TPSA) is 101 Å². The zero-order valence-corrected chi connectivity index (χ0v) is 19.5. The van der Waals surface area contributed by atoms with Crippen molar-refractivity contribution in [3.05, 3.63) is 53.6 Å². The number of amides is 1. The van der Waals surface area contributed by atoms with Gasteiger partial charge >= 0.3 is 0 Å². The summed E-state index contributed by atoms with van der Waals surface area (Å²) in [5, 5.41) is 12.0. The van der Waals surface area contributed by atoms with E-state index < -0.39 is 22.0 Å². The van der Waals surface area contributed by atoms with Crippen molar-refractivity contribution in [3.8, 4) is 16.3 Å². The lowest BCUT2D eigenvalue weighted by molar-refractivity contribution is -0.117. The predicted molar refractivity (Wildman–Crippen MR) is 123 cm³/mol. The number of hydrogen-bond donors (Lipinski definition) is 1. The van der Waals surface area contributed by atoms with Gasteiger partial charge in [0, 0.05) is 10.6 Å². The number of sulfonamides is 1. The molecule has 1 amide bonds. The minimum absolute atomic E-state index is 0.182. The zero-order chi connectivity index (χ0) is 22.6. The van der Waals surface area contributed by atoms with E-state index in [0.29, 0.717) is 10.0 Å². The van der Waals surface area contributed by atoms with Gasteiger partial charge in [-0.25, -0.2) is 8.42 Å². The minimum atomic E-state index is -3.85. The number of anilines is 2. The first-order valence-corrected chi connectivity index (χ1v) is 12.3. The van der Waals surface area contributed by atoms with Crippen molar-refractivity contribution in [1.82, 2.24) is 10.2 Å². The van der Waals surface area contributed by atoms with Gasteiger partial charge in [-0.15, -0.1) is 10.2 Å². The maximum absolute atomic E-state index is 13.1. The van der Waals surface area contributed by atoms with Crippen LogP contribution in [0.5, 0.6) is 5.75 Å². The van der Waals surface area contributed by atoms with Crippen LogP contribution in [0.25, 0.3) is 10.6 Å². The third kappa shape index (κ3) is 5.33. The number of benzene rings is 2. The summed E-state index contributed by atoms with van der Waals surface area (Å²) >= 11 is 7.29. The second-order valence-corrected chi connectivity index (χ2v) is 9.84. The first-order valence-electron chi connectivity index (χ1n) is 9.27. The van der Waals surface area contributed by atoms with E-state index in [2.05, 4.69) is 15.5 Å². The van der Waals surface area contributed by atoms with E-state index >= 15 is 0 Å². The quantitative estimate of drug-likeness (QED) is 0.522. The van der Waals surface area contributed by atoms with Gasteiger partial charge in [0.1, 0.15) is 16.8 Å². The molecule has 1 N–H and O–H groups in total. The van der Waals surface area contributed by atoms with Gasteiger partial charge in [-0.3, -0.25) is 14.4 Å². The Hall–Kier alpha value is -2.69. The number of nitrogens with zero attached hydrogens (tertiary/aromatic N) is 3. The Morgan fingerprint density at radius 2 is 1.94 bits per heavy atom. The summed E-state index contributed by atoms with van der Waals surface area (Å²) in [6, 6.07) is 13.0. The first-order chi connectivity index (χ1) is 14.7. The number of nitrogens with one attached hydrogen (secondary N) is 1. The van der Waals surface area contributed by atoms with Crippen molar-refractivity contribution in [1.29, 1.82) is 0 Å². The molecule has 0 radical (unpaired) electrons. The highest BCUT2D eigenvalue weighted by molar-refractivity contribution is 7.92. The summed E-state index contributed by atoms with van der Waals surface area (Å²) in [5.74, 6) is -0.255. The van der Waals surface area contributed by atoms with Crippen molar-refractivity contribution in [3.63, 3.8) is 0 Å². The molecule has 0 saturated heterocycles. The van der Waals surface area contributed by atoms with Crippen molar-refractivity contribution in [2.45, 2.75) is 19.4 Å². The number of rotatable bonds is 8. The number of hydrogen-bond acceptors (Lipinski definition) is 7. The summed E-state index contributed by atoms with van der Waals surface area (Å²) in [6.07, 6.45) is 1.24. The third-order valence-electron chi connectivity index (χ3n) is 4.38. The maximum Gasteiger partial charge on any atom is 0.250 e. The fourth-order valence-corrected chi connectivity index (χ4v) is 5.16. The highest BCUT2D eigenvalue weighted by Crippen LogP contribution is 2.35. The molecule has 0 aliphatic rings. The van der Waals surface area contributed by atoms with E-state index in [-0.39, 0.29) is 23.0 Å². The fourth-order valence-electron chi connectivity index (χ4n) is 3.03. The molecule has 11 heteroatoms. The van der Waals surface area contributed by atoms with E-state index in [0.717, 1.165) is 16.1 Å². The van der Waals surface area contributed by atoms with Gasteiger partial charge in [0.15, 0.2) is 0 Å². The van der Waals surface area contributed by atoms with Gasteiger partial charge in [-0.2, -0.15) is 0 Å². The molecule has 0 spiro atoms. The van der Waals surface area contributed by atoms with Crippen molar-refractivity contribution < 1.29 is 17.9 Å². The largest absolute Gasteiger partial charge is 0.495 e. The lowest BCUT2D eigenvalue weighted by Crippen LogP contribution is -2.47. The Bertz CT molecular complexity index is 1170. The van der Waals surface area contributed by atoms with Gasteiger partial charge in [-0.1, -0.05) is 60.2 Å². The van der Waals surface area contributed by atoms with Crippen LogP contribution in [0.4, 0.5) is 10.8 Å². The second-order valence-electron chi connectivity index (χ2n) is 6.57. The molecule has 1 heterocycles. The summed E-state index contributed by atoms with van der Waals surface area (Å²) in [5.41, 5.74) is 1.05. The van der Waals surface area contributed by atoms with Crippen molar-refractivity contribution in [2.24, 2.45) is 0 Å². The first kappa shape index (κ1) is 23.0. The lowest BCUT2D eigenvalue weighted by atomic mass is 10.2. The van der Waals surface area contributed by atoms with Gasteiger partial charge < -0.3 is 4.74 Å². The summed E-state index contributed by atoms with van der Waals surface area (Å²) in [4.78, 5) is 13.1. The van der Waals surface area contributed by atoms with E-state index in [9.17, 15) is 13.2 Å². The standard InChI is InChI=1S/C20H21ClN4O4S2/c1-4-15(25(31(3,27)28)16-12-14(21)10-11-17(16)29-2)18(26)22-20-24-23-19(30-20)13-8-6-5-7-9-13/h5-12,15H,4H2,1-3H3,(H,22,24,26)/t15-/m0/s1. The molecular formula is C20H21ClN4O4S2. The molecule has 3 aromatic rings. The Morgan fingerprint density at radius 1 is 1.23 bits per heavy atom. The predicted octanol–water partition coefficient (Wildman–Crippen LogP) is 4.05. The summed E-state index contributed by atoms with van der Waals surface area (Å²) < 4.78 is 31.7. The van der Waals surface area contributed by atoms with E-state index in [1.165, 1.54) is 24.5 Å². The van der Waals surface area contributed by atoms with Gasteiger partial charge in [0.2, 0.25) is 21.1 Å². The smallest absolute Gasteiger partial charge is 0.250 e. The van der Waals surface area contributed by atoms with Crippen LogP contribution in [0.3, 0.4) is 0 Å². The number of carbonyl (C=O) groups excluding carboxylic acids is 1. The van der Waals surface area contributed by atoms with Crippen LogP contribution < -0.4 is 14.4 Å². The van der Waals surface area contributed by atoms with E-state index in [1.807, 2.05) is 30.3 Å². The molecule has 0 aliphatic carbocycles. The molecule has 1 atom stereocenters. The molecule has 0 fully saturated rings. The lowest BCUT2D eigenvalue weighted by Gasteiger charge is -2.30.